The summed E-state index contributed by atoms with van der Waals surface area (Å²) in [5.74, 6) is -1.38. The minimum atomic E-state index is -4.64. The third-order valence-corrected chi connectivity index (χ3v) is 12.9. The van der Waals surface area contributed by atoms with Gasteiger partial charge in [0.1, 0.15) is 31.0 Å². The zero-order valence-corrected chi connectivity index (χ0v) is 44.9. The monoisotopic (exact) mass is 990 g/mol. The first kappa shape index (κ1) is 66.3. The number of phosphoric acid groups is 1. The van der Waals surface area contributed by atoms with Crippen LogP contribution in [0.4, 0.5) is 0 Å². The smallest absolute Gasteiger partial charge is 0.862 e. The third-order valence-electron chi connectivity index (χ3n) is 11.9. The molecule has 0 aromatic carbocycles. The fourth-order valence-corrected chi connectivity index (χ4v) is 8.51. The predicted molar refractivity (Wildman–Crippen MR) is 254 cm³/mol. The quantitative estimate of drug-likeness (QED) is 0.0123. The molecule has 0 saturated carbocycles. The predicted octanol–water partition coefficient (Wildman–Crippen LogP) is 5.68. The first-order valence-electron chi connectivity index (χ1n) is 26.0. The van der Waals surface area contributed by atoms with Crippen molar-refractivity contribution in [1.29, 1.82) is 0 Å². The Hall–Kier alpha value is -0.720. The van der Waals surface area contributed by atoms with Gasteiger partial charge in [-0.05, 0) is 38.0 Å². The van der Waals surface area contributed by atoms with E-state index in [0.717, 1.165) is 38.5 Å². The molecule has 1 aliphatic rings. The Labute approximate surface area is 426 Å². The first-order valence-corrected chi connectivity index (χ1v) is 27.5. The average molecular weight is 990 g/mol. The number of ether oxygens (including phenoxy) is 4. The molecular formula is C49H93NNaO15P. The van der Waals surface area contributed by atoms with Crippen LogP contribution in [0.2, 0.25) is 0 Å². The van der Waals surface area contributed by atoms with Crippen LogP contribution in [0.1, 0.15) is 219 Å². The van der Waals surface area contributed by atoms with E-state index in [1.54, 1.807) is 0 Å². The van der Waals surface area contributed by atoms with Crippen molar-refractivity contribution in [3.05, 3.63) is 0 Å². The third kappa shape index (κ3) is 37.7. The average Bonchev–Trinajstić information content (AvgIpc) is 3.30. The molecule has 18 heteroatoms. The molecular weight excluding hydrogens is 896 g/mol. The van der Waals surface area contributed by atoms with Crippen LogP contribution in [0.3, 0.4) is 0 Å². The molecule has 1 rings (SSSR count). The van der Waals surface area contributed by atoms with Gasteiger partial charge in [-0.2, -0.15) is 0 Å². The Kier molecular flexibility index (Phi) is 44.7. The Bertz CT molecular complexity index is 1250. The van der Waals surface area contributed by atoms with Crippen molar-refractivity contribution in [3.8, 4) is 0 Å². The summed E-state index contributed by atoms with van der Waals surface area (Å²) < 4.78 is 44.5. The van der Waals surface area contributed by atoms with E-state index in [9.17, 15) is 44.6 Å². The summed E-state index contributed by atoms with van der Waals surface area (Å²) in [6.07, 6.45) is 24.9. The molecule has 0 aromatic heterocycles. The van der Waals surface area contributed by atoms with Crippen molar-refractivity contribution in [2.24, 2.45) is 4.99 Å². The number of hydrogen-bond donors (Lipinski definition) is 5. The normalized spacial score (nSPS) is 20.0. The molecule has 2 unspecified atom stereocenters. The van der Waals surface area contributed by atoms with E-state index in [1.165, 1.54) is 116 Å². The van der Waals surface area contributed by atoms with E-state index in [1.807, 2.05) is 0 Å². The maximum absolute atomic E-state index is 12.8. The van der Waals surface area contributed by atoms with Gasteiger partial charge in [-0.3, -0.25) is 18.6 Å². The van der Waals surface area contributed by atoms with Gasteiger partial charge >= 0.3 is 49.3 Å². The van der Waals surface area contributed by atoms with Crippen molar-refractivity contribution in [2.45, 2.75) is 256 Å². The minimum Gasteiger partial charge on any atom is -0.862 e. The fourth-order valence-electron chi connectivity index (χ4n) is 7.77. The number of esters is 2. The first-order chi connectivity index (χ1) is 31.9. The molecule has 0 radical (unpaired) electrons. The van der Waals surface area contributed by atoms with Gasteiger partial charge < -0.3 is 54.4 Å². The van der Waals surface area contributed by atoms with E-state index in [2.05, 4.69) is 18.8 Å². The Morgan fingerprint density at radius 3 is 1.54 bits per heavy atom. The summed E-state index contributed by atoms with van der Waals surface area (Å²) in [5.41, 5.74) is 0. The summed E-state index contributed by atoms with van der Waals surface area (Å²) in [4.78, 5) is 39.5. The molecule has 0 bridgehead atoms. The maximum Gasteiger partial charge on any atom is 1.00 e. The van der Waals surface area contributed by atoms with Crippen molar-refractivity contribution in [3.63, 3.8) is 0 Å². The van der Waals surface area contributed by atoms with Gasteiger partial charge in [0.05, 0.1) is 26.4 Å². The van der Waals surface area contributed by atoms with Crippen molar-refractivity contribution in [2.75, 3.05) is 39.6 Å². The number of nitrogens with zero attached hydrogens (tertiary/aromatic N) is 1. The summed E-state index contributed by atoms with van der Waals surface area (Å²) in [5, 5.41) is 51.3. The fraction of sp³-hybridized carbons (Fsp3) is 0.939. The molecule has 7 atom stereocenters. The Balaban J connectivity index is 0.0000436. The van der Waals surface area contributed by atoms with Crippen LogP contribution < -0.4 is 34.7 Å². The van der Waals surface area contributed by atoms with Crippen molar-refractivity contribution in [1.82, 2.24) is 0 Å². The molecule has 0 aliphatic carbocycles. The molecule has 0 aromatic rings. The zero-order valence-electron chi connectivity index (χ0n) is 42.0. The summed E-state index contributed by atoms with van der Waals surface area (Å²) in [7, 11) is -4.64. The number of aliphatic hydroxyl groups is 4. The molecule has 67 heavy (non-hydrogen) atoms. The van der Waals surface area contributed by atoms with E-state index >= 15 is 0 Å². The van der Waals surface area contributed by atoms with Crippen LogP contribution in [0.25, 0.3) is 0 Å². The summed E-state index contributed by atoms with van der Waals surface area (Å²) >= 11 is 0. The number of unbranched alkanes of at least 4 members (excludes halogenated alkanes) is 26. The van der Waals surface area contributed by atoms with Crippen LogP contribution in [-0.2, 0) is 42.1 Å². The standard InChI is InChI=1S/C49H94NO15P.Na/c1-3-5-7-9-11-13-15-17-19-21-23-25-29-33-44(53)61-39-41(64-45(54)34-30-26-24-22-20-18-16-14-12-10-8-6-4-2)40-63-66(58,59)62-37-35-50-43(52)32-28-27-31-36-60-49-48(57)47(56)46(55)42(38-51)65-49;/h41-42,46-49,51,55-57H,3-40H2,1-2H3,(H,50,52)(H,58,59);/q;+1/p-1/t41?,42-,46-,47+,48+,49+;/m1./s1. The van der Waals surface area contributed by atoms with Gasteiger partial charge in [0, 0.05) is 19.4 Å². The number of aliphatic hydroxyl groups excluding tert-OH is 4. The largest absolute Gasteiger partial charge is 1.00 e. The number of aliphatic imine (C=N–C) groups is 1. The number of phosphoric ester groups is 1. The molecule has 5 N–H and O–H groups in total. The van der Waals surface area contributed by atoms with E-state index in [-0.39, 0.29) is 75.2 Å². The van der Waals surface area contributed by atoms with Gasteiger partial charge in [-0.1, -0.05) is 174 Å². The molecule has 0 amide bonds. The molecule has 1 heterocycles. The van der Waals surface area contributed by atoms with Crippen LogP contribution >= 0.6 is 7.82 Å². The van der Waals surface area contributed by atoms with Crippen LogP contribution in [0.5, 0.6) is 0 Å². The number of carbonyl (C=O) groups is 2. The Morgan fingerprint density at radius 2 is 1.04 bits per heavy atom. The minimum absolute atomic E-state index is 0. The van der Waals surface area contributed by atoms with Gasteiger partial charge in [0.25, 0.3) is 0 Å². The number of carbonyl (C=O) groups excluding carboxylic acids is 2. The second-order valence-electron chi connectivity index (χ2n) is 18.0. The second-order valence-corrected chi connectivity index (χ2v) is 19.5. The number of hydrogen-bond acceptors (Lipinski definition) is 15. The maximum atomic E-state index is 12.8. The van der Waals surface area contributed by atoms with Crippen LogP contribution in [0.15, 0.2) is 4.99 Å². The summed E-state index contributed by atoms with van der Waals surface area (Å²) in [6, 6.07) is 0. The number of rotatable bonds is 46. The van der Waals surface area contributed by atoms with Gasteiger partial charge in [-0.15, -0.1) is 0 Å². The molecule has 1 fully saturated rings. The molecule has 390 valence electrons. The molecule has 1 aliphatic heterocycles. The van der Waals surface area contributed by atoms with Gasteiger partial charge in [0.15, 0.2) is 12.4 Å². The van der Waals surface area contributed by atoms with Gasteiger partial charge in [0.2, 0.25) is 0 Å². The SMILES string of the molecule is CCCCCCCCCCCCCCCC(=O)OCC(COP(=O)(O)OCCN=C([O-])CCCCCO[C@H]1O[C@H](CO)[C@@H](O)[C@H](O)[C@@H]1O)OC(=O)CCCCCCCCCCCCCCC.[Na+]. The topological polar surface area (TPSA) is 243 Å². The molecule has 16 nitrogen and oxygen atoms in total. The van der Waals surface area contributed by atoms with E-state index in [4.69, 9.17) is 28.0 Å². The van der Waals surface area contributed by atoms with Crippen LogP contribution in [-0.4, -0.2) is 120 Å². The van der Waals surface area contributed by atoms with Crippen LogP contribution in [0, 0.1) is 0 Å². The van der Waals surface area contributed by atoms with E-state index < -0.39 is 75.7 Å². The zero-order chi connectivity index (χ0) is 48.5. The summed E-state index contributed by atoms with van der Waals surface area (Å²) in [6.45, 7) is 2.60. The van der Waals surface area contributed by atoms with E-state index in [0.29, 0.717) is 32.1 Å². The Morgan fingerprint density at radius 1 is 0.597 bits per heavy atom. The van der Waals surface area contributed by atoms with Crippen molar-refractivity contribution < 1.29 is 102 Å². The molecule has 1 saturated heterocycles. The molecule has 0 spiro atoms. The van der Waals surface area contributed by atoms with Gasteiger partial charge in [-0.25, -0.2) is 4.57 Å². The second kappa shape index (κ2) is 45.2. The van der Waals surface area contributed by atoms with Crippen molar-refractivity contribution >= 4 is 25.7 Å².